The Morgan fingerprint density at radius 2 is 1.96 bits per heavy atom. The van der Waals surface area contributed by atoms with E-state index in [0.717, 1.165) is 29.7 Å². The van der Waals surface area contributed by atoms with Crippen LogP contribution in [0.1, 0.15) is 63.0 Å². The fourth-order valence-corrected chi connectivity index (χ4v) is 4.04. The van der Waals surface area contributed by atoms with Gasteiger partial charge in [0.15, 0.2) is 0 Å². The quantitative estimate of drug-likeness (QED) is 0.912. The molecule has 0 bridgehead atoms. The van der Waals surface area contributed by atoms with Crippen molar-refractivity contribution in [1.82, 2.24) is 4.90 Å². The summed E-state index contributed by atoms with van der Waals surface area (Å²) in [5.41, 5.74) is 3.15. The van der Waals surface area contributed by atoms with Crippen molar-refractivity contribution in [2.45, 2.75) is 64.8 Å². The molecule has 1 aliphatic carbocycles. The number of benzene rings is 1. The molecule has 1 heterocycles. The first-order valence-electron chi connectivity index (χ1n) is 9.17. The van der Waals surface area contributed by atoms with Crippen LogP contribution in [0.15, 0.2) is 18.2 Å². The first kappa shape index (κ1) is 17.0. The topological polar surface area (TPSA) is 49.4 Å². The lowest BCUT2D eigenvalue weighted by Crippen LogP contribution is -2.35. The Balaban J connectivity index is 1.71. The third-order valence-electron chi connectivity index (χ3n) is 5.47. The van der Waals surface area contributed by atoms with Crippen LogP contribution in [-0.2, 0) is 9.59 Å². The highest BCUT2D eigenvalue weighted by molar-refractivity contribution is 5.98. The summed E-state index contributed by atoms with van der Waals surface area (Å²) in [4.78, 5) is 27.0. The van der Waals surface area contributed by atoms with Gasteiger partial charge in [0.2, 0.25) is 11.8 Å². The normalized spacial score (nSPS) is 21.8. The molecule has 1 aromatic carbocycles. The second-order valence-electron chi connectivity index (χ2n) is 7.57. The van der Waals surface area contributed by atoms with Gasteiger partial charge >= 0.3 is 0 Å². The van der Waals surface area contributed by atoms with Crippen molar-refractivity contribution >= 4 is 17.5 Å². The van der Waals surface area contributed by atoms with Crippen LogP contribution in [0.3, 0.4) is 0 Å². The maximum absolute atomic E-state index is 12.8. The maximum atomic E-state index is 12.8. The first-order chi connectivity index (χ1) is 11.5. The van der Waals surface area contributed by atoms with E-state index in [0.29, 0.717) is 24.9 Å². The van der Waals surface area contributed by atoms with Gasteiger partial charge in [0.25, 0.3) is 0 Å². The van der Waals surface area contributed by atoms with E-state index in [9.17, 15) is 9.59 Å². The Hall–Kier alpha value is -1.84. The van der Waals surface area contributed by atoms with Crippen molar-refractivity contribution in [1.29, 1.82) is 0 Å². The first-order valence-corrected chi connectivity index (χ1v) is 9.17. The minimum atomic E-state index is -0.224. The second kappa shape index (κ2) is 6.96. The number of nitrogens with one attached hydrogen (secondary N) is 1. The molecule has 1 unspecified atom stereocenters. The molecular formula is C20H28N2O2. The summed E-state index contributed by atoms with van der Waals surface area (Å²) in [7, 11) is 0. The molecule has 1 N–H and O–H groups in total. The van der Waals surface area contributed by atoms with Crippen LogP contribution in [0, 0.1) is 12.8 Å². The predicted molar refractivity (Wildman–Crippen MR) is 96.0 cm³/mol. The summed E-state index contributed by atoms with van der Waals surface area (Å²) in [6, 6.07) is 6.48. The highest BCUT2D eigenvalue weighted by Crippen LogP contribution is 2.32. The maximum Gasteiger partial charge on any atom is 0.229 e. The molecule has 1 atom stereocenters. The molecule has 1 aromatic rings. The summed E-state index contributed by atoms with van der Waals surface area (Å²) >= 11 is 0. The van der Waals surface area contributed by atoms with Crippen molar-refractivity contribution in [3.8, 4) is 0 Å². The van der Waals surface area contributed by atoms with E-state index < -0.39 is 0 Å². The van der Waals surface area contributed by atoms with E-state index in [1.54, 1.807) is 0 Å². The molecule has 2 fully saturated rings. The Bertz CT molecular complexity index is 633. The highest BCUT2D eigenvalue weighted by Gasteiger charge is 2.38. The van der Waals surface area contributed by atoms with Crippen LogP contribution in [-0.4, -0.2) is 29.3 Å². The molecule has 4 heteroatoms. The minimum absolute atomic E-state index is 0.0138. The number of anilines is 1. The summed E-state index contributed by atoms with van der Waals surface area (Å²) in [5.74, 6) is 0.258. The molecule has 4 nitrogen and oxygen atoms in total. The van der Waals surface area contributed by atoms with Gasteiger partial charge in [-0.2, -0.15) is 0 Å². The van der Waals surface area contributed by atoms with Crippen molar-refractivity contribution in [2.75, 3.05) is 11.9 Å². The summed E-state index contributed by atoms with van der Waals surface area (Å²) in [6.07, 6.45) is 4.94. The number of hydrogen-bond donors (Lipinski definition) is 1. The van der Waals surface area contributed by atoms with Crippen molar-refractivity contribution < 1.29 is 9.59 Å². The Labute approximate surface area is 144 Å². The molecule has 0 aromatic heterocycles. The van der Waals surface area contributed by atoms with Crippen LogP contribution in [0.2, 0.25) is 0 Å². The number of carbonyl (C=O) groups excluding carboxylic acids is 2. The third kappa shape index (κ3) is 3.33. The number of carbonyl (C=O) groups is 2. The number of amides is 2. The van der Waals surface area contributed by atoms with Gasteiger partial charge in [-0.1, -0.05) is 44.9 Å². The molecule has 1 saturated heterocycles. The fraction of sp³-hybridized carbons (Fsp3) is 0.600. The second-order valence-corrected chi connectivity index (χ2v) is 7.57. The van der Waals surface area contributed by atoms with Crippen LogP contribution < -0.4 is 5.32 Å². The van der Waals surface area contributed by atoms with E-state index in [-0.39, 0.29) is 17.7 Å². The lowest BCUT2D eigenvalue weighted by atomic mass is 9.97. The van der Waals surface area contributed by atoms with E-state index in [1.165, 1.54) is 12.8 Å². The molecule has 2 amide bonds. The fourth-order valence-electron chi connectivity index (χ4n) is 4.04. The van der Waals surface area contributed by atoms with E-state index in [1.807, 2.05) is 24.0 Å². The van der Waals surface area contributed by atoms with Crippen LogP contribution in [0.25, 0.3) is 0 Å². The number of rotatable bonds is 4. The zero-order valence-electron chi connectivity index (χ0n) is 15.0. The average molecular weight is 328 g/mol. The molecule has 2 aliphatic rings. The van der Waals surface area contributed by atoms with E-state index >= 15 is 0 Å². The predicted octanol–water partition coefficient (Wildman–Crippen LogP) is 3.85. The molecule has 1 saturated carbocycles. The highest BCUT2D eigenvalue weighted by atomic mass is 16.2. The Kier molecular flexibility index (Phi) is 4.93. The van der Waals surface area contributed by atoms with Gasteiger partial charge in [0.05, 0.1) is 5.92 Å². The van der Waals surface area contributed by atoms with Crippen LogP contribution >= 0.6 is 0 Å². The van der Waals surface area contributed by atoms with Crippen molar-refractivity contribution in [3.05, 3.63) is 29.3 Å². The minimum Gasteiger partial charge on any atom is -0.339 e. The summed E-state index contributed by atoms with van der Waals surface area (Å²) < 4.78 is 0. The van der Waals surface area contributed by atoms with E-state index in [4.69, 9.17) is 0 Å². The average Bonchev–Trinajstić information content (AvgIpc) is 3.18. The SMILES string of the molecule is Cc1cccc(C(C)C)c1NC(=O)C1CC(=O)N(C2CCCC2)C1. The lowest BCUT2D eigenvalue weighted by molar-refractivity contribution is -0.129. The lowest BCUT2D eigenvalue weighted by Gasteiger charge is -2.24. The number of para-hydroxylation sites is 1. The van der Waals surface area contributed by atoms with Gasteiger partial charge in [0.1, 0.15) is 0 Å². The van der Waals surface area contributed by atoms with Gasteiger partial charge in [-0.05, 0) is 36.8 Å². The Morgan fingerprint density at radius 1 is 1.25 bits per heavy atom. The third-order valence-corrected chi connectivity index (χ3v) is 5.47. The standard InChI is InChI=1S/C20H28N2O2/c1-13(2)17-10-6-7-14(3)19(17)21-20(24)15-11-18(23)22(12-15)16-8-4-5-9-16/h6-7,10,13,15-16H,4-5,8-9,11-12H2,1-3H3,(H,21,24). The molecule has 0 spiro atoms. The van der Waals surface area contributed by atoms with Crippen molar-refractivity contribution in [2.24, 2.45) is 5.92 Å². The monoisotopic (exact) mass is 328 g/mol. The molecule has 24 heavy (non-hydrogen) atoms. The van der Waals surface area contributed by atoms with Gasteiger partial charge in [-0.15, -0.1) is 0 Å². The van der Waals surface area contributed by atoms with Crippen LogP contribution in [0.4, 0.5) is 5.69 Å². The van der Waals surface area contributed by atoms with Gasteiger partial charge in [-0.3, -0.25) is 9.59 Å². The zero-order chi connectivity index (χ0) is 17.3. The summed E-state index contributed by atoms with van der Waals surface area (Å²) in [5, 5.41) is 3.12. The summed E-state index contributed by atoms with van der Waals surface area (Å²) in [6.45, 7) is 6.86. The number of aryl methyl sites for hydroxylation is 1. The van der Waals surface area contributed by atoms with Gasteiger partial charge in [-0.25, -0.2) is 0 Å². The van der Waals surface area contributed by atoms with Gasteiger partial charge in [0, 0.05) is 24.7 Å². The number of hydrogen-bond acceptors (Lipinski definition) is 2. The molecule has 1 aliphatic heterocycles. The number of likely N-dealkylation sites (tertiary alicyclic amines) is 1. The smallest absolute Gasteiger partial charge is 0.229 e. The molecule has 0 radical (unpaired) electrons. The molecule has 3 rings (SSSR count). The van der Waals surface area contributed by atoms with Gasteiger partial charge < -0.3 is 10.2 Å². The van der Waals surface area contributed by atoms with Crippen molar-refractivity contribution in [3.63, 3.8) is 0 Å². The Morgan fingerprint density at radius 3 is 2.62 bits per heavy atom. The van der Waals surface area contributed by atoms with Crippen LogP contribution in [0.5, 0.6) is 0 Å². The van der Waals surface area contributed by atoms with E-state index in [2.05, 4.69) is 25.2 Å². The molecular weight excluding hydrogens is 300 g/mol. The molecule has 130 valence electrons. The number of nitrogens with zero attached hydrogens (tertiary/aromatic N) is 1. The zero-order valence-corrected chi connectivity index (χ0v) is 15.0. The largest absolute Gasteiger partial charge is 0.339 e.